The number of hydrogen-bond donors (Lipinski definition) is 1. The van der Waals surface area contributed by atoms with Crippen molar-refractivity contribution < 1.29 is 14.1 Å². The van der Waals surface area contributed by atoms with Gasteiger partial charge in [0.1, 0.15) is 6.54 Å². The van der Waals surface area contributed by atoms with Crippen LogP contribution in [0.1, 0.15) is 12.5 Å². The molecule has 3 aromatic heterocycles. The molecule has 0 unspecified atom stereocenters. The fraction of sp³-hybridized carbons (Fsp3) is 0.421. The predicted molar refractivity (Wildman–Crippen MR) is 109 cm³/mol. The Morgan fingerprint density at radius 3 is 2.86 bits per heavy atom. The van der Waals surface area contributed by atoms with E-state index in [1.54, 1.807) is 22.5 Å². The SMILES string of the molecule is CCn1c(SCC(=O)N2CC[NH+](Cc3ccsc3)CC2)nnc1-c1ccco1. The molecule has 148 valence electrons. The summed E-state index contributed by atoms with van der Waals surface area (Å²) in [5, 5.41) is 13.6. The monoisotopic (exact) mass is 418 g/mol. The second-order valence-corrected chi connectivity index (χ2v) is 8.48. The third-order valence-corrected chi connectivity index (χ3v) is 6.64. The summed E-state index contributed by atoms with van der Waals surface area (Å²) in [6.45, 7) is 7.45. The number of nitrogens with one attached hydrogen (secondary N) is 1. The third kappa shape index (κ3) is 4.31. The molecule has 28 heavy (non-hydrogen) atoms. The van der Waals surface area contributed by atoms with E-state index in [2.05, 4.69) is 27.0 Å². The van der Waals surface area contributed by atoms with Gasteiger partial charge in [-0.25, -0.2) is 0 Å². The first-order valence-electron chi connectivity index (χ1n) is 9.47. The number of amides is 1. The Morgan fingerprint density at radius 2 is 2.18 bits per heavy atom. The van der Waals surface area contributed by atoms with Crippen LogP contribution >= 0.6 is 23.1 Å². The molecule has 0 bridgehead atoms. The Balaban J connectivity index is 1.29. The van der Waals surface area contributed by atoms with Crippen LogP contribution in [-0.4, -0.2) is 57.5 Å². The van der Waals surface area contributed by atoms with Crippen molar-refractivity contribution in [2.24, 2.45) is 0 Å². The zero-order chi connectivity index (χ0) is 19.3. The zero-order valence-corrected chi connectivity index (χ0v) is 17.5. The van der Waals surface area contributed by atoms with Crippen LogP contribution < -0.4 is 4.90 Å². The van der Waals surface area contributed by atoms with E-state index in [9.17, 15) is 4.79 Å². The minimum atomic E-state index is 0.171. The van der Waals surface area contributed by atoms with Crippen LogP contribution in [0.25, 0.3) is 11.6 Å². The van der Waals surface area contributed by atoms with Crippen molar-refractivity contribution in [1.82, 2.24) is 19.7 Å². The topological polar surface area (TPSA) is 68.6 Å². The molecule has 4 heterocycles. The van der Waals surface area contributed by atoms with E-state index in [4.69, 9.17) is 4.42 Å². The van der Waals surface area contributed by atoms with Gasteiger partial charge >= 0.3 is 0 Å². The molecule has 3 aromatic rings. The Hall–Kier alpha value is -2.10. The average molecular weight is 419 g/mol. The number of piperazine rings is 1. The first-order chi connectivity index (χ1) is 13.7. The van der Waals surface area contributed by atoms with E-state index in [1.807, 2.05) is 28.5 Å². The molecule has 9 heteroatoms. The molecule has 4 rings (SSSR count). The van der Waals surface area contributed by atoms with Crippen LogP contribution in [0.15, 0.2) is 44.8 Å². The van der Waals surface area contributed by atoms with Gasteiger partial charge in [-0.2, -0.15) is 11.3 Å². The molecule has 1 fully saturated rings. The molecule has 0 spiro atoms. The highest BCUT2D eigenvalue weighted by Crippen LogP contribution is 2.24. The first-order valence-corrected chi connectivity index (χ1v) is 11.4. The summed E-state index contributed by atoms with van der Waals surface area (Å²) in [7, 11) is 0. The van der Waals surface area contributed by atoms with Crippen LogP contribution in [-0.2, 0) is 17.9 Å². The number of nitrogens with zero attached hydrogens (tertiary/aromatic N) is 4. The number of thiophene rings is 1. The molecule has 7 nitrogen and oxygen atoms in total. The van der Waals surface area contributed by atoms with Gasteiger partial charge in [-0.15, -0.1) is 10.2 Å². The van der Waals surface area contributed by atoms with Crippen molar-refractivity contribution >= 4 is 29.0 Å². The molecule has 0 radical (unpaired) electrons. The number of furan rings is 1. The number of thioether (sulfide) groups is 1. The molecule has 1 saturated heterocycles. The van der Waals surface area contributed by atoms with E-state index in [-0.39, 0.29) is 5.91 Å². The molecule has 0 saturated carbocycles. The average Bonchev–Trinajstić information content (AvgIpc) is 3.47. The smallest absolute Gasteiger partial charge is 0.233 e. The van der Waals surface area contributed by atoms with Crippen LogP contribution in [0.4, 0.5) is 0 Å². The van der Waals surface area contributed by atoms with Gasteiger partial charge in [-0.1, -0.05) is 11.8 Å². The first kappa shape index (κ1) is 19.2. The van der Waals surface area contributed by atoms with Crippen molar-refractivity contribution in [3.8, 4) is 11.6 Å². The Morgan fingerprint density at radius 1 is 1.32 bits per heavy atom. The van der Waals surface area contributed by atoms with Crippen molar-refractivity contribution in [1.29, 1.82) is 0 Å². The molecule has 0 aliphatic carbocycles. The van der Waals surface area contributed by atoms with E-state index in [0.717, 1.165) is 44.4 Å². The lowest BCUT2D eigenvalue weighted by Gasteiger charge is -2.32. The van der Waals surface area contributed by atoms with Gasteiger partial charge in [-0.3, -0.25) is 9.36 Å². The summed E-state index contributed by atoms with van der Waals surface area (Å²) >= 11 is 3.19. The van der Waals surface area contributed by atoms with E-state index >= 15 is 0 Å². The summed E-state index contributed by atoms with van der Waals surface area (Å²) in [5.74, 6) is 1.95. The van der Waals surface area contributed by atoms with Gasteiger partial charge in [-0.05, 0) is 35.9 Å². The molecule has 1 aliphatic heterocycles. The molecular formula is C19H24N5O2S2+. The number of carbonyl (C=O) groups is 1. The molecule has 1 aliphatic rings. The third-order valence-electron chi connectivity index (χ3n) is 4.96. The van der Waals surface area contributed by atoms with Gasteiger partial charge in [0.05, 0.1) is 38.2 Å². The highest BCUT2D eigenvalue weighted by atomic mass is 32.2. The van der Waals surface area contributed by atoms with Crippen LogP contribution in [0.2, 0.25) is 0 Å². The zero-order valence-electron chi connectivity index (χ0n) is 15.8. The van der Waals surface area contributed by atoms with E-state index < -0.39 is 0 Å². The molecule has 1 amide bonds. The minimum Gasteiger partial charge on any atom is -0.461 e. The highest BCUT2D eigenvalue weighted by Gasteiger charge is 2.24. The Labute approximate surface area is 172 Å². The number of quaternary nitrogens is 1. The number of carbonyl (C=O) groups excluding carboxylic acids is 1. The number of rotatable bonds is 7. The lowest BCUT2D eigenvalue weighted by Crippen LogP contribution is -3.13. The molecule has 0 atom stereocenters. The summed E-state index contributed by atoms with van der Waals surface area (Å²) < 4.78 is 7.42. The second-order valence-electron chi connectivity index (χ2n) is 6.76. The van der Waals surface area contributed by atoms with Gasteiger partial charge in [0.2, 0.25) is 5.91 Å². The number of hydrogen-bond acceptors (Lipinski definition) is 6. The second kappa shape index (κ2) is 8.93. The van der Waals surface area contributed by atoms with E-state index in [0.29, 0.717) is 17.3 Å². The van der Waals surface area contributed by atoms with Crippen LogP contribution in [0.3, 0.4) is 0 Å². The fourth-order valence-corrected chi connectivity index (χ4v) is 4.99. The largest absolute Gasteiger partial charge is 0.461 e. The summed E-state index contributed by atoms with van der Waals surface area (Å²) in [5.41, 5.74) is 1.39. The lowest BCUT2D eigenvalue weighted by molar-refractivity contribution is -0.917. The Bertz CT molecular complexity index is 884. The van der Waals surface area contributed by atoms with Crippen LogP contribution in [0.5, 0.6) is 0 Å². The maximum atomic E-state index is 12.7. The quantitative estimate of drug-likeness (QED) is 0.591. The lowest BCUT2D eigenvalue weighted by atomic mass is 10.2. The standard InChI is InChI=1S/C19H23N5O2S2/c1-2-24-18(16-4-3-10-26-16)20-21-19(24)28-14-17(25)23-8-6-22(7-9-23)12-15-5-11-27-13-15/h3-5,10-11,13H,2,6-9,12,14H2,1H3/p+1. The van der Waals surface area contributed by atoms with Gasteiger partial charge in [0.15, 0.2) is 16.7 Å². The fourth-order valence-electron chi connectivity index (χ4n) is 3.42. The summed E-state index contributed by atoms with van der Waals surface area (Å²) in [4.78, 5) is 16.2. The molecule has 1 N–H and O–H groups in total. The van der Waals surface area contributed by atoms with Gasteiger partial charge in [0, 0.05) is 12.1 Å². The minimum absolute atomic E-state index is 0.171. The maximum Gasteiger partial charge on any atom is 0.233 e. The summed E-state index contributed by atoms with van der Waals surface area (Å²) in [6, 6.07) is 5.89. The van der Waals surface area contributed by atoms with Crippen molar-refractivity contribution in [2.75, 3.05) is 31.9 Å². The van der Waals surface area contributed by atoms with E-state index in [1.165, 1.54) is 17.3 Å². The molecule has 0 aromatic carbocycles. The number of aromatic nitrogens is 3. The predicted octanol–water partition coefficient (Wildman–Crippen LogP) is 1.64. The van der Waals surface area contributed by atoms with Crippen LogP contribution in [0, 0.1) is 0 Å². The van der Waals surface area contributed by atoms with Gasteiger partial charge in [0.25, 0.3) is 0 Å². The van der Waals surface area contributed by atoms with Crippen molar-refractivity contribution in [3.05, 3.63) is 40.8 Å². The van der Waals surface area contributed by atoms with Crippen molar-refractivity contribution in [2.45, 2.75) is 25.2 Å². The maximum absolute atomic E-state index is 12.7. The summed E-state index contributed by atoms with van der Waals surface area (Å²) in [6.07, 6.45) is 1.63. The Kier molecular flexibility index (Phi) is 6.13. The van der Waals surface area contributed by atoms with Crippen molar-refractivity contribution in [3.63, 3.8) is 0 Å². The van der Waals surface area contributed by atoms with Gasteiger partial charge < -0.3 is 14.2 Å². The normalized spacial score (nSPS) is 15.2. The molecular weight excluding hydrogens is 394 g/mol. The highest BCUT2D eigenvalue weighted by molar-refractivity contribution is 7.99.